The summed E-state index contributed by atoms with van der Waals surface area (Å²) in [6.07, 6.45) is 3.69. The number of aromatic nitrogens is 2. The maximum atomic E-state index is 12.9. The molecule has 0 amide bonds. The van der Waals surface area contributed by atoms with Crippen molar-refractivity contribution >= 4 is 31.9 Å². The summed E-state index contributed by atoms with van der Waals surface area (Å²) in [7, 11) is -3.54. The summed E-state index contributed by atoms with van der Waals surface area (Å²) in [6, 6.07) is 6.46. The van der Waals surface area contributed by atoms with Crippen LogP contribution in [0.3, 0.4) is 0 Å². The molecule has 1 atom stereocenters. The van der Waals surface area contributed by atoms with Gasteiger partial charge in [-0.25, -0.2) is 22.8 Å². The first-order valence-electron chi connectivity index (χ1n) is 7.45. The van der Waals surface area contributed by atoms with Crippen molar-refractivity contribution in [2.24, 2.45) is 0 Å². The number of hydrogen-bond acceptors (Lipinski definition) is 5. The summed E-state index contributed by atoms with van der Waals surface area (Å²) in [5, 5.41) is 3.07. The summed E-state index contributed by atoms with van der Waals surface area (Å²) >= 11 is 3.30. The molecule has 24 heavy (non-hydrogen) atoms. The molecule has 1 aliphatic heterocycles. The molecule has 0 saturated carbocycles. The molecule has 1 aromatic carbocycles. The SMILES string of the molecule is O=S(=O)(c1ccc(Br)cc1)N1CCCC(Nc2ncc(F)cn2)C1. The zero-order valence-corrected chi connectivity index (χ0v) is 15.1. The van der Waals surface area contributed by atoms with Crippen LogP contribution in [0.5, 0.6) is 0 Å². The van der Waals surface area contributed by atoms with Gasteiger partial charge in [-0.15, -0.1) is 0 Å². The first-order chi connectivity index (χ1) is 11.4. The zero-order chi connectivity index (χ0) is 17.2. The second-order valence-electron chi connectivity index (χ2n) is 5.53. The van der Waals surface area contributed by atoms with E-state index in [4.69, 9.17) is 0 Å². The van der Waals surface area contributed by atoms with Gasteiger partial charge in [0, 0.05) is 23.6 Å². The van der Waals surface area contributed by atoms with Crippen molar-refractivity contribution in [3.05, 3.63) is 46.9 Å². The number of rotatable bonds is 4. The first-order valence-corrected chi connectivity index (χ1v) is 9.68. The van der Waals surface area contributed by atoms with Crippen LogP contribution in [-0.4, -0.2) is 41.8 Å². The van der Waals surface area contributed by atoms with Crippen molar-refractivity contribution in [1.29, 1.82) is 0 Å². The Hall–Kier alpha value is -1.58. The maximum absolute atomic E-state index is 12.9. The number of piperidine rings is 1. The number of anilines is 1. The molecule has 2 heterocycles. The van der Waals surface area contributed by atoms with Gasteiger partial charge in [-0.3, -0.25) is 0 Å². The summed E-state index contributed by atoms with van der Waals surface area (Å²) in [6.45, 7) is 0.792. The molecular weight excluding hydrogens is 399 g/mol. The number of nitrogens with zero attached hydrogens (tertiary/aromatic N) is 3. The highest BCUT2D eigenvalue weighted by atomic mass is 79.9. The fourth-order valence-electron chi connectivity index (χ4n) is 2.60. The van der Waals surface area contributed by atoms with E-state index >= 15 is 0 Å². The molecule has 0 bridgehead atoms. The molecule has 1 saturated heterocycles. The van der Waals surface area contributed by atoms with Crippen LogP contribution >= 0.6 is 15.9 Å². The van der Waals surface area contributed by atoms with Gasteiger partial charge < -0.3 is 5.32 Å². The Bertz CT molecular complexity index is 799. The molecule has 1 fully saturated rings. The monoisotopic (exact) mass is 414 g/mol. The average Bonchev–Trinajstić information content (AvgIpc) is 2.58. The molecule has 1 aliphatic rings. The van der Waals surface area contributed by atoms with Crippen LogP contribution < -0.4 is 5.32 Å². The topological polar surface area (TPSA) is 75.2 Å². The minimum atomic E-state index is -3.54. The molecule has 0 spiro atoms. The predicted octanol–water partition coefficient (Wildman–Crippen LogP) is 2.64. The van der Waals surface area contributed by atoms with Gasteiger partial charge in [0.25, 0.3) is 0 Å². The second-order valence-corrected chi connectivity index (χ2v) is 8.38. The van der Waals surface area contributed by atoms with Crippen LogP contribution in [0.4, 0.5) is 10.3 Å². The van der Waals surface area contributed by atoms with Crippen LogP contribution in [0.15, 0.2) is 46.0 Å². The fourth-order valence-corrected chi connectivity index (χ4v) is 4.39. The van der Waals surface area contributed by atoms with Gasteiger partial charge in [-0.2, -0.15) is 4.31 Å². The van der Waals surface area contributed by atoms with Gasteiger partial charge >= 0.3 is 0 Å². The summed E-state index contributed by atoms with van der Waals surface area (Å²) in [5.41, 5.74) is 0. The number of nitrogens with one attached hydrogen (secondary N) is 1. The molecule has 3 rings (SSSR count). The Kier molecular flexibility index (Phi) is 5.12. The van der Waals surface area contributed by atoms with Gasteiger partial charge in [-0.1, -0.05) is 15.9 Å². The number of hydrogen-bond donors (Lipinski definition) is 1. The molecule has 128 valence electrons. The predicted molar refractivity (Wildman–Crippen MR) is 91.5 cm³/mol. The quantitative estimate of drug-likeness (QED) is 0.831. The van der Waals surface area contributed by atoms with Crippen molar-refractivity contribution in [3.63, 3.8) is 0 Å². The number of sulfonamides is 1. The Balaban J connectivity index is 1.72. The number of halogens is 2. The third kappa shape index (κ3) is 3.90. The smallest absolute Gasteiger partial charge is 0.243 e. The van der Waals surface area contributed by atoms with Crippen molar-refractivity contribution in [2.45, 2.75) is 23.8 Å². The van der Waals surface area contributed by atoms with Crippen molar-refractivity contribution in [3.8, 4) is 0 Å². The highest BCUT2D eigenvalue weighted by molar-refractivity contribution is 9.10. The largest absolute Gasteiger partial charge is 0.350 e. The van der Waals surface area contributed by atoms with Gasteiger partial charge in [0.05, 0.1) is 17.3 Å². The average molecular weight is 415 g/mol. The summed E-state index contributed by atoms with van der Waals surface area (Å²) < 4.78 is 40.6. The van der Waals surface area contributed by atoms with E-state index in [0.717, 1.165) is 29.7 Å². The van der Waals surface area contributed by atoms with Crippen molar-refractivity contribution in [2.75, 3.05) is 18.4 Å². The molecule has 2 aromatic rings. The second kappa shape index (κ2) is 7.12. The lowest BCUT2D eigenvalue weighted by Crippen LogP contribution is -2.45. The van der Waals surface area contributed by atoms with E-state index in [1.807, 2.05) is 0 Å². The van der Waals surface area contributed by atoms with E-state index in [0.29, 0.717) is 19.0 Å². The van der Waals surface area contributed by atoms with Crippen molar-refractivity contribution < 1.29 is 12.8 Å². The standard InChI is InChI=1S/C15H16BrFN4O2S/c16-11-3-5-14(6-4-11)24(22,23)21-7-1-2-13(10-21)20-15-18-8-12(17)9-19-15/h3-6,8-9,13H,1-2,7,10H2,(H,18,19,20). The number of benzene rings is 1. The minimum Gasteiger partial charge on any atom is -0.350 e. The van der Waals surface area contributed by atoms with Crippen LogP contribution in [0.2, 0.25) is 0 Å². The van der Waals surface area contributed by atoms with E-state index in [9.17, 15) is 12.8 Å². The third-order valence-electron chi connectivity index (χ3n) is 3.79. The molecule has 9 heteroatoms. The molecule has 1 N–H and O–H groups in total. The fraction of sp³-hybridized carbons (Fsp3) is 0.333. The Morgan fingerprint density at radius 1 is 1.21 bits per heavy atom. The third-order valence-corrected chi connectivity index (χ3v) is 6.20. The van der Waals surface area contributed by atoms with Crippen LogP contribution in [0.1, 0.15) is 12.8 Å². The van der Waals surface area contributed by atoms with Crippen molar-refractivity contribution in [1.82, 2.24) is 14.3 Å². The van der Waals surface area contributed by atoms with Crippen LogP contribution in [-0.2, 0) is 10.0 Å². The highest BCUT2D eigenvalue weighted by Gasteiger charge is 2.30. The van der Waals surface area contributed by atoms with Gasteiger partial charge in [0.2, 0.25) is 16.0 Å². The maximum Gasteiger partial charge on any atom is 0.243 e. The Morgan fingerprint density at radius 3 is 2.54 bits per heavy atom. The highest BCUT2D eigenvalue weighted by Crippen LogP contribution is 2.23. The lowest BCUT2D eigenvalue weighted by Gasteiger charge is -2.32. The molecule has 0 radical (unpaired) electrons. The lowest BCUT2D eigenvalue weighted by atomic mass is 10.1. The zero-order valence-electron chi connectivity index (χ0n) is 12.7. The lowest BCUT2D eigenvalue weighted by molar-refractivity contribution is 0.326. The normalized spacial score (nSPS) is 19.2. The molecule has 0 aliphatic carbocycles. The van der Waals surface area contributed by atoms with Gasteiger partial charge in [0.15, 0.2) is 5.82 Å². The van der Waals surface area contributed by atoms with E-state index in [1.54, 1.807) is 24.3 Å². The molecule has 1 unspecified atom stereocenters. The minimum absolute atomic E-state index is 0.116. The van der Waals surface area contributed by atoms with E-state index in [1.165, 1.54) is 4.31 Å². The van der Waals surface area contributed by atoms with Gasteiger partial charge in [-0.05, 0) is 37.1 Å². The summed E-state index contributed by atoms with van der Waals surface area (Å²) in [4.78, 5) is 7.98. The molecular formula is C15H16BrFN4O2S. The Morgan fingerprint density at radius 2 is 1.88 bits per heavy atom. The Labute approximate surface area is 148 Å². The van der Waals surface area contributed by atoms with Crippen LogP contribution in [0, 0.1) is 5.82 Å². The molecule has 6 nitrogen and oxygen atoms in total. The van der Waals surface area contributed by atoms with E-state index < -0.39 is 15.8 Å². The first kappa shape index (κ1) is 17.2. The van der Waals surface area contributed by atoms with E-state index in [2.05, 4.69) is 31.2 Å². The van der Waals surface area contributed by atoms with Gasteiger partial charge in [0.1, 0.15) is 0 Å². The van der Waals surface area contributed by atoms with Crippen LogP contribution in [0.25, 0.3) is 0 Å². The summed E-state index contributed by atoms with van der Waals surface area (Å²) in [5.74, 6) is -0.215. The van der Waals surface area contributed by atoms with E-state index in [-0.39, 0.29) is 10.9 Å². The molecule has 1 aromatic heterocycles.